The Bertz CT molecular complexity index is 1140. The van der Waals surface area contributed by atoms with Gasteiger partial charge in [0.2, 0.25) is 5.91 Å². The van der Waals surface area contributed by atoms with Crippen LogP contribution in [0.15, 0.2) is 12.1 Å². The van der Waals surface area contributed by atoms with Crippen molar-refractivity contribution in [2.24, 2.45) is 23.2 Å². The van der Waals surface area contributed by atoms with Crippen molar-refractivity contribution in [2.75, 3.05) is 7.11 Å². The largest absolute Gasteiger partial charge is 0.496 e. The summed E-state index contributed by atoms with van der Waals surface area (Å²) in [5.41, 5.74) is -0.658. The number of aliphatic carboxylic acids is 1. The van der Waals surface area contributed by atoms with E-state index in [1.54, 1.807) is 6.92 Å². The summed E-state index contributed by atoms with van der Waals surface area (Å²) < 4.78 is 11.6. The maximum atomic E-state index is 13.6. The van der Waals surface area contributed by atoms with Crippen molar-refractivity contribution in [3.8, 4) is 17.6 Å². The van der Waals surface area contributed by atoms with Gasteiger partial charge >= 0.3 is 5.97 Å². The summed E-state index contributed by atoms with van der Waals surface area (Å²) in [5, 5.41) is 25.5. The molecule has 2 bridgehead atoms. The fraction of sp³-hybridized carbons (Fsp3) is 0.655. The normalized spacial score (nSPS) is 30.3. The van der Waals surface area contributed by atoms with Gasteiger partial charge in [-0.1, -0.05) is 0 Å². The van der Waals surface area contributed by atoms with Crippen molar-refractivity contribution >= 4 is 17.8 Å². The number of nitrogens with zero attached hydrogens (tertiary/aromatic N) is 1. The first-order valence-electron chi connectivity index (χ1n) is 13.5. The summed E-state index contributed by atoms with van der Waals surface area (Å²) >= 11 is 0. The number of amides is 2. The van der Waals surface area contributed by atoms with E-state index < -0.39 is 11.4 Å². The zero-order chi connectivity index (χ0) is 27.8. The van der Waals surface area contributed by atoms with Crippen LogP contribution in [0, 0.1) is 34.5 Å². The number of ether oxygens (including phenoxy) is 2. The summed E-state index contributed by atoms with van der Waals surface area (Å²) in [7, 11) is 1.44. The number of fused-ring (bicyclic) bond motifs is 2. The van der Waals surface area contributed by atoms with E-state index in [0.717, 1.165) is 19.3 Å². The Labute approximate surface area is 224 Å². The molecule has 3 aliphatic rings. The molecule has 2 amide bonds. The maximum Gasteiger partial charge on any atom is 0.309 e. The van der Waals surface area contributed by atoms with E-state index in [9.17, 15) is 24.8 Å². The molecule has 0 unspecified atom stereocenters. The van der Waals surface area contributed by atoms with Crippen molar-refractivity contribution < 1.29 is 29.0 Å². The van der Waals surface area contributed by atoms with Crippen LogP contribution >= 0.6 is 0 Å². The molecule has 206 valence electrons. The molecular formula is C29H39N3O6. The van der Waals surface area contributed by atoms with E-state index in [4.69, 9.17) is 9.47 Å². The lowest BCUT2D eigenvalue weighted by Gasteiger charge is -2.34. The van der Waals surface area contributed by atoms with Gasteiger partial charge in [0.1, 0.15) is 17.6 Å². The molecule has 1 aromatic carbocycles. The van der Waals surface area contributed by atoms with E-state index in [0.29, 0.717) is 25.7 Å². The van der Waals surface area contributed by atoms with Crippen LogP contribution in [0.2, 0.25) is 0 Å². The van der Waals surface area contributed by atoms with E-state index in [-0.39, 0.29) is 69.9 Å². The van der Waals surface area contributed by atoms with Crippen molar-refractivity contribution in [2.45, 2.75) is 90.3 Å². The molecule has 0 aliphatic heterocycles. The predicted octanol–water partition coefficient (Wildman–Crippen LogP) is 4.04. The first kappa shape index (κ1) is 27.7. The van der Waals surface area contributed by atoms with E-state index in [1.165, 1.54) is 19.2 Å². The van der Waals surface area contributed by atoms with Gasteiger partial charge in [0.15, 0.2) is 0 Å². The molecule has 3 aliphatic carbocycles. The number of methoxy groups -OCH3 is 1. The predicted molar refractivity (Wildman–Crippen MR) is 140 cm³/mol. The molecule has 3 saturated carbocycles. The second-order valence-electron chi connectivity index (χ2n) is 12.4. The Morgan fingerprint density at radius 3 is 2.32 bits per heavy atom. The number of nitrogens with one attached hydrogen (secondary N) is 2. The van der Waals surface area contributed by atoms with Gasteiger partial charge in [-0.25, -0.2) is 0 Å². The first-order valence-corrected chi connectivity index (χ1v) is 13.5. The van der Waals surface area contributed by atoms with Crippen LogP contribution in [0.4, 0.5) is 0 Å². The van der Waals surface area contributed by atoms with Gasteiger partial charge in [0.25, 0.3) is 5.91 Å². The number of nitriles is 1. The third kappa shape index (κ3) is 5.59. The molecule has 3 fully saturated rings. The zero-order valence-electron chi connectivity index (χ0n) is 22.9. The van der Waals surface area contributed by atoms with E-state index >= 15 is 0 Å². The van der Waals surface area contributed by atoms with Crippen molar-refractivity contribution in [3.05, 3.63) is 23.3 Å². The molecule has 0 heterocycles. The number of hydrogen-bond donors (Lipinski definition) is 3. The van der Waals surface area contributed by atoms with Gasteiger partial charge in [0, 0.05) is 17.6 Å². The average molecular weight is 526 g/mol. The highest BCUT2D eigenvalue weighted by atomic mass is 16.5. The quantitative estimate of drug-likeness (QED) is 0.488. The van der Waals surface area contributed by atoms with Crippen LogP contribution < -0.4 is 20.1 Å². The number of hydrogen-bond acceptors (Lipinski definition) is 6. The van der Waals surface area contributed by atoms with Crippen LogP contribution in [0.1, 0.15) is 88.6 Å². The summed E-state index contributed by atoms with van der Waals surface area (Å²) in [6, 6.07) is 4.87. The molecule has 9 heteroatoms. The Hall–Kier alpha value is -3.28. The monoisotopic (exact) mass is 525 g/mol. The van der Waals surface area contributed by atoms with E-state index in [1.807, 2.05) is 20.8 Å². The molecule has 0 radical (unpaired) electrons. The summed E-state index contributed by atoms with van der Waals surface area (Å²) in [5.74, 6) is -0.483. The number of rotatable bonds is 7. The molecule has 38 heavy (non-hydrogen) atoms. The second kappa shape index (κ2) is 10.5. The Kier molecular flexibility index (Phi) is 7.64. The van der Waals surface area contributed by atoms with Crippen molar-refractivity contribution in [1.29, 1.82) is 5.26 Å². The summed E-state index contributed by atoms with van der Waals surface area (Å²) in [6.45, 7) is 7.59. The second-order valence-corrected chi connectivity index (χ2v) is 12.4. The van der Waals surface area contributed by atoms with Gasteiger partial charge in [-0.3, -0.25) is 14.4 Å². The molecule has 1 aromatic rings. The van der Waals surface area contributed by atoms with Crippen molar-refractivity contribution in [3.63, 3.8) is 0 Å². The topological polar surface area (TPSA) is 138 Å². The lowest BCUT2D eigenvalue weighted by atomic mass is 9.75. The Morgan fingerprint density at radius 2 is 1.74 bits per heavy atom. The molecule has 3 N–H and O–H groups in total. The van der Waals surface area contributed by atoms with Crippen LogP contribution in [0.3, 0.4) is 0 Å². The SMILES string of the molecule is COc1cc(C#N)c(O[C@H]2CC[C@@](C)(C(=O)O)CC2)cc1C(=O)N[C@@H]1[C@H]2CC[C@H](C2)[C@@H]1C(=O)NC(C)(C)C. The average Bonchev–Trinajstić information content (AvgIpc) is 3.46. The van der Waals surface area contributed by atoms with Gasteiger partial charge in [-0.2, -0.15) is 5.26 Å². The number of carboxylic acids is 1. The summed E-state index contributed by atoms with van der Waals surface area (Å²) in [6.07, 6.45) is 4.65. The highest BCUT2D eigenvalue weighted by Crippen LogP contribution is 2.49. The molecule has 0 aromatic heterocycles. The minimum atomic E-state index is -0.813. The first-order chi connectivity index (χ1) is 17.8. The number of carbonyl (C=O) groups excluding carboxylic acids is 2. The Morgan fingerprint density at radius 1 is 1.08 bits per heavy atom. The highest BCUT2D eigenvalue weighted by molar-refractivity contribution is 5.98. The minimum Gasteiger partial charge on any atom is -0.496 e. The standard InChI is InChI=1S/C29H39N3O6/c1-28(2,3)32-26(34)23-16-6-7-17(12-16)24(23)31-25(33)20-14-21(18(15-30)13-22(20)37-5)38-19-8-10-29(4,11-9-19)27(35)36/h13-14,16-17,19,23-24H,6-12H2,1-5H3,(H,31,33)(H,32,34)(H,35,36)/t16-,17+,19-,23+,24-,29+/m1/s1. The van der Waals surface area contributed by atoms with Crippen LogP contribution in [-0.2, 0) is 9.59 Å². The van der Waals surface area contributed by atoms with Gasteiger partial charge in [-0.05, 0) is 90.5 Å². The number of carboxylic acid groups (broad SMARTS) is 1. The number of benzene rings is 1. The molecule has 0 saturated heterocycles. The third-order valence-corrected chi connectivity index (χ3v) is 8.53. The highest BCUT2D eigenvalue weighted by Gasteiger charge is 2.52. The lowest BCUT2D eigenvalue weighted by Crippen LogP contribution is -2.53. The van der Waals surface area contributed by atoms with Crippen LogP contribution in [-0.4, -0.2) is 47.7 Å². The molecule has 4 atom stereocenters. The Balaban J connectivity index is 1.54. The number of carbonyl (C=O) groups is 3. The van der Waals surface area contributed by atoms with Crippen molar-refractivity contribution in [1.82, 2.24) is 10.6 Å². The minimum absolute atomic E-state index is 0.0310. The zero-order valence-corrected chi connectivity index (χ0v) is 22.9. The summed E-state index contributed by atoms with van der Waals surface area (Å²) in [4.78, 5) is 38.3. The third-order valence-electron chi connectivity index (χ3n) is 8.53. The van der Waals surface area contributed by atoms with Gasteiger partial charge in [-0.15, -0.1) is 0 Å². The molecule has 0 spiro atoms. The fourth-order valence-electron chi connectivity index (χ4n) is 6.39. The molecule has 4 rings (SSSR count). The maximum absolute atomic E-state index is 13.6. The molecular weight excluding hydrogens is 486 g/mol. The lowest BCUT2D eigenvalue weighted by molar-refractivity contribution is -0.150. The smallest absolute Gasteiger partial charge is 0.309 e. The van der Waals surface area contributed by atoms with Gasteiger partial charge < -0.3 is 25.2 Å². The molecule has 9 nitrogen and oxygen atoms in total. The van der Waals surface area contributed by atoms with Crippen LogP contribution in [0.5, 0.6) is 11.5 Å². The van der Waals surface area contributed by atoms with Gasteiger partial charge in [0.05, 0.1) is 35.7 Å². The van der Waals surface area contributed by atoms with E-state index in [2.05, 4.69) is 16.7 Å². The fourth-order valence-corrected chi connectivity index (χ4v) is 6.39. The van der Waals surface area contributed by atoms with Crippen LogP contribution in [0.25, 0.3) is 0 Å².